The predicted octanol–water partition coefficient (Wildman–Crippen LogP) is 4.91. The Labute approximate surface area is 198 Å². The van der Waals surface area contributed by atoms with Gasteiger partial charge in [0.15, 0.2) is 5.78 Å². The van der Waals surface area contributed by atoms with Crippen LogP contribution in [0.15, 0.2) is 71.6 Å². The van der Waals surface area contributed by atoms with E-state index in [0.29, 0.717) is 5.02 Å². The number of rotatable bonds is 8. The highest BCUT2D eigenvalue weighted by Crippen LogP contribution is 2.27. The van der Waals surface area contributed by atoms with Crippen molar-refractivity contribution in [3.05, 3.63) is 92.5 Å². The molecule has 0 heterocycles. The number of Topliss-reactive ketones (excluding diaryl/α,β-unsaturated/α-hetero) is 1. The number of anilines is 2. The lowest BCUT2D eigenvalue weighted by Gasteiger charge is -2.12. The highest BCUT2D eigenvalue weighted by Gasteiger charge is 2.20. The van der Waals surface area contributed by atoms with Gasteiger partial charge in [-0.15, -0.1) is 0 Å². The number of benzene rings is 3. The van der Waals surface area contributed by atoms with Crippen molar-refractivity contribution >= 4 is 62.0 Å². The van der Waals surface area contributed by atoms with Crippen molar-refractivity contribution in [3.63, 3.8) is 0 Å². The molecule has 0 aliphatic heterocycles. The van der Waals surface area contributed by atoms with Crippen molar-refractivity contribution in [1.29, 1.82) is 0 Å². The van der Waals surface area contributed by atoms with Gasteiger partial charge in [0.25, 0.3) is 15.7 Å². The van der Waals surface area contributed by atoms with Crippen LogP contribution in [0.5, 0.6) is 0 Å². The Hall–Kier alpha value is -3.47. The van der Waals surface area contributed by atoms with Crippen LogP contribution in [0.25, 0.3) is 0 Å². The van der Waals surface area contributed by atoms with Gasteiger partial charge in [0, 0.05) is 34.1 Å². The van der Waals surface area contributed by atoms with Gasteiger partial charge in [-0.1, -0.05) is 23.2 Å². The van der Waals surface area contributed by atoms with Gasteiger partial charge in [-0.2, -0.15) is 0 Å². The summed E-state index contributed by atoms with van der Waals surface area (Å²) in [6.45, 7) is 0. The fraction of sp³-hybridized carbons (Fsp3) is 0.0476. The third-order valence-electron chi connectivity index (χ3n) is 4.32. The molecular weight excluding hydrogens is 493 g/mol. The zero-order chi connectivity index (χ0) is 24.2. The van der Waals surface area contributed by atoms with Crippen LogP contribution in [0.1, 0.15) is 16.8 Å². The fourth-order valence-corrected chi connectivity index (χ4v) is 4.45. The molecule has 0 bridgehead atoms. The molecule has 0 radical (unpaired) electrons. The van der Waals surface area contributed by atoms with Crippen molar-refractivity contribution in [2.45, 2.75) is 11.3 Å². The van der Waals surface area contributed by atoms with E-state index in [1.807, 2.05) is 0 Å². The van der Waals surface area contributed by atoms with Gasteiger partial charge >= 0.3 is 0 Å². The zero-order valence-electron chi connectivity index (χ0n) is 16.6. The van der Waals surface area contributed by atoms with E-state index in [4.69, 9.17) is 23.2 Å². The summed E-state index contributed by atoms with van der Waals surface area (Å²) in [6.07, 6.45) is -0.550. The fourth-order valence-electron chi connectivity index (χ4n) is 2.74. The molecule has 0 fully saturated rings. The SMILES string of the molecule is O=C(CC(=O)c1ccc([N+](=O)[O-])cc1)Nc1ccc(Cl)c(S(=O)(=O)Nc2ccc(Cl)cc2)c1. The van der Waals surface area contributed by atoms with Crippen molar-refractivity contribution in [1.82, 2.24) is 0 Å². The van der Waals surface area contributed by atoms with E-state index in [2.05, 4.69) is 10.0 Å². The van der Waals surface area contributed by atoms with Gasteiger partial charge in [-0.25, -0.2) is 8.42 Å². The Bertz CT molecular complexity index is 1330. The Balaban J connectivity index is 1.72. The second-order valence-electron chi connectivity index (χ2n) is 6.71. The number of nitrogens with zero attached hydrogens (tertiary/aromatic N) is 1. The number of halogens is 2. The molecule has 2 N–H and O–H groups in total. The Kier molecular flexibility index (Phi) is 7.32. The van der Waals surface area contributed by atoms with Gasteiger partial charge in [0.05, 0.1) is 16.4 Å². The number of amides is 1. The highest BCUT2D eigenvalue weighted by atomic mass is 35.5. The molecule has 170 valence electrons. The van der Waals surface area contributed by atoms with Crippen molar-refractivity contribution in [2.24, 2.45) is 0 Å². The number of carbonyl (C=O) groups excluding carboxylic acids is 2. The molecule has 0 unspecified atom stereocenters. The summed E-state index contributed by atoms with van der Waals surface area (Å²) in [5.41, 5.74) is 0.316. The zero-order valence-corrected chi connectivity index (χ0v) is 18.9. The summed E-state index contributed by atoms with van der Waals surface area (Å²) in [5, 5.41) is 13.5. The molecule has 9 nitrogen and oxygen atoms in total. The maximum Gasteiger partial charge on any atom is 0.269 e. The lowest BCUT2D eigenvalue weighted by molar-refractivity contribution is -0.384. The predicted molar refractivity (Wildman–Crippen MR) is 124 cm³/mol. The molecular formula is C21H15Cl2N3O6S. The summed E-state index contributed by atoms with van der Waals surface area (Å²) in [6, 6.07) is 14.7. The number of nitrogens with one attached hydrogen (secondary N) is 2. The first-order chi connectivity index (χ1) is 15.5. The minimum atomic E-state index is -4.09. The summed E-state index contributed by atoms with van der Waals surface area (Å²) in [4.78, 5) is 34.4. The minimum Gasteiger partial charge on any atom is -0.326 e. The maximum absolute atomic E-state index is 12.7. The molecule has 3 rings (SSSR count). The molecule has 12 heteroatoms. The molecule has 0 aliphatic rings. The van der Waals surface area contributed by atoms with Gasteiger partial charge in [0.1, 0.15) is 4.90 Å². The highest BCUT2D eigenvalue weighted by molar-refractivity contribution is 7.92. The number of nitro benzene ring substituents is 1. The van der Waals surface area contributed by atoms with Crippen molar-refractivity contribution < 1.29 is 22.9 Å². The van der Waals surface area contributed by atoms with Crippen LogP contribution in [-0.4, -0.2) is 25.0 Å². The number of nitro groups is 1. The second-order valence-corrected chi connectivity index (χ2v) is 9.20. The Morgan fingerprint density at radius 3 is 2.12 bits per heavy atom. The molecule has 3 aromatic rings. The average molecular weight is 508 g/mol. The largest absolute Gasteiger partial charge is 0.326 e. The van der Waals surface area contributed by atoms with E-state index in [1.165, 1.54) is 48.5 Å². The van der Waals surface area contributed by atoms with Gasteiger partial charge in [-0.05, 0) is 54.6 Å². The van der Waals surface area contributed by atoms with E-state index >= 15 is 0 Å². The topological polar surface area (TPSA) is 135 Å². The van der Waals surface area contributed by atoms with E-state index in [-0.39, 0.29) is 32.5 Å². The molecule has 0 aliphatic carbocycles. The normalized spacial score (nSPS) is 11.0. The second kappa shape index (κ2) is 9.99. The van der Waals surface area contributed by atoms with Crippen LogP contribution in [0, 0.1) is 10.1 Å². The van der Waals surface area contributed by atoms with Crippen molar-refractivity contribution in [3.8, 4) is 0 Å². The number of carbonyl (C=O) groups is 2. The van der Waals surface area contributed by atoms with Crippen LogP contribution in [0.2, 0.25) is 10.0 Å². The molecule has 1 amide bonds. The standard InChI is InChI=1S/C21H15Cl2N3O6S/c22-14-3-5-15(6-4-14)25-33(31,32)20-11-16(7-10-18(20)23)24-21(28)12-19(27)13-1-8-17(9-2-13)26(29)30/h1-11,25H,12H2,(H,24,28). The number of ketones is 1. The van der Waals surface area contributed by atoms with Crippen LogP contribution in [0.4, 0.5) is 17.1 Å². The number of hydrogen-bond acceptors (Lipinski definition) is 6. The molecule has 0 aromatic heterocycles. The third kappa shape index (κ3) is 6.28. The lowest BCUT2D eigenvalue weighted by Crippen LogP contribution is -2.18. The van der Waals surface area contributed by atoms with E-state index in [1.54, 1.807) is 0 Å². The molecule has 0 saturated heterocycles. The van der Waals surface area contributed by atoms with Crippen molar-refractivity contribution in [2.75, 3.05) is 10.0 Å². The number of hydrogen-bond donors (Lipinski definition) is 2. The first-order valence-electron chi connectivity index (χ1n) is 9.20. The molecule has 3 aromatic carbocycles. The molecule has 0 spiro atoms. The summed E-state index contributed by atoms with van der Waals surface area (Å²) in [5.74, 6) is -1.26. The van der Waals surface area contributed by atoms with Crippen LogP contribution < -0.4 is 10.0 Å². The average Bonchev–Trinajstić information content (AvgIpc) is 2.76. The number of non-ortho nitro benzene ring substituents is 1. The van der Waals surface area contributed by atoms with E-state index in [9.17, 15) is 28.1 Å². The third-order valence-corrected chi connectivity index (χ3v) is 6.44. The van der Waals surface area contributed by atoms with Gasteiger partial charge in [-0.3, -0.25) is 24.4 Å². The monoisotopic (exact) mass is 507 g/mol. The first kappa shape index (κ1) is 24.2. The van der Waals surface area contributed by atoms with Gasteiger partial charge in [0.2, 0.25) is 5.91 Å². The summed E-state index contributed by atoms with van der Waals surface area (Å²) >= 11 is 11.9. The van der Waals surface area contributed by atoms with E-state index < -0.39 is 33.1 Å². The Morgan fingerprint density at radius 2 is 1.52 bits per heavy atom. The van der Waals surface area contributed by atoms with Crippen LogP contribution in [0.3, 0.4) is 0 Å². The smallest absolute Gasteiger partial charge is 0.269 e. The molecule has 33 heavy (non-hydrogen) atoms. The number of sulfonamides is 1. The summed E-state index contributed by atoms with van der Waals surface area (Å²) < 4.78 is 27.8. The molecule has 0 atom stereocenters. The van der Waals surface area contributed by atoms with Crippen LogP contribution >= 0.6 is 23.2 Å². The molecule has 0 saturated carbocycles. The Morgan fingerprint density at radius 1 is 0.909 bits per heavy atom. The first-order valence-corrected chi connectivity index (χ1v) is 11.4. The quantitative estimate of drug-likeness (QED) is 0.192. The minimum absolute atomic E-state index is 0.0728. The lowest BCUT2D eigenvalue weighted by atomic mass is 10.1. The van der Waals surface area contributed by atoms with Gasteiger partial charge < -0.3 is 5.32 Å². The van der Waals surface area contributed by atoms with Crippen LogP contribution in [-0.2, 0) is 14.8 Å². The van der Waals surface area contributed by atoms with E-state index in [0.717, 1.165) is 18.2 Å². The summed E-state index contributed by atoms with van der Waals surface area (Å²) in [7, 11) is -4.09. The maximum atomic E-state index is 12.7.